The zero-order valence-corrected chi connectivity index (χ0v) is 28.6. The van der Waals surface area contributed by atoms with Gasteiger partial charge in [0.2, 0.25) is 0 Å². The van der Waals surface area contributed by atoms with Gasteiger partial charge in [0, 0.05) is 55.8 Å². The minimum atomic E-state index is 1.03. The summed E-state index contributed by atoms with van der Waals surface area (Å²) in [5.41, 5.74) is 9.56. The molecule has 0 saturated carbocycles. The van der Waals surface area contributed by atoms with Gasteiger partial charge in [-0.15, -0.1) is 34.0 Å². The van der Waals surface area contributed by atoms with Crippen LogP contribution in [0.1, 0.15) is 0 Å². The fourth-order valence-corrected chi connectivity index (χ4v) is 11.1. The second kappa shape index (κ2) is 10.6. The molecule has 0 radical (unpaired) electrons. The maximum absolute atomic E-state index is 5.15. The van der Waals surface area contributed by atoms with Crippen molar-refractivity contribution in [3.63, 3.8) is 0 Å². The van der Waals surface area contributed by atoms with E-state index in [9.17, 15) is 0 Å². The van der Waals surface area contributed by atoms with Crippen LogP contribution in [-0.2, 0) is 0 Å². The molecule has 11 aromatic rings. The number of hydrogen-bond donors (Lipinski definition) is 0. The number of benzene rings is 7. The lowest BCUT2D eigenvalue weighted by Gasteiger charge is -2.13. The molecule has 0 spiro atoms. The van der Waals surface area contributed by atoms with Crippen LogP contribution in [0.3, 0.4) is 0 Å². The van der Waals surface area contributed by atoms with E-state index >= 15 is 0 Å². The summed E-state index contributed by atoms with van der Waals surface area (Å²) in [6, 6.07) is 56.0. The molecular weight excluding hydrogens is 651 g/mol. The Hall–Kier alpha value is -5.39. The maximum Gasteiger partial charge on any atom is 0.0896 e. The monoisotopic (exact) mass is 675 g/mol. The SMILES string of the molecule is c1ccc2c(c1)sc1c(-c3cc(-c4ccc5nc6c(cc5c4)sc4ccccc46)cc(-c4cccc5c4sc4ccccc45)c3)cccc12. The second-order valence-electron chi connectivity index (χ2n) is 12.7. The predicted octanol–water partition coefficient (Wildman–Crippen LogP) is 14.3. The maximum atomic E-state index is 5.15. The molecule has 4 heterocycles. The fourth-order valence-electron chi connectivity index (χ4n) is 7.53. The molecule has 0 fully saturated rings. The van der Waals surface area contributed by atoms with Crippen molar-refractivity contribution in [3.8, 4) is 33.4 Å². The number of pyridine rings is 1. The first-order valence-electron chi connectivity index (χ1n) is 16.4. The van der Waals surface area contributed by atoms with E-state index in [1.807, 2.05) is 34.0 Å². The van der Waals surface area contributed by atoms with E-state index in [0.29, 0.717) is 0 Å². The lowest BCUT2D eigenvalue weighted by atomic mass is 9.92. The molecule has 1 nitrogen and oxygen atoms in total. The Bertz CT molecular complexity index is 2990. The van der Waals surface area contributed by atoms with Gasteiger partial charge in [-0.3, -0.25) is 0 Å². The molecular formula is C45H25NS3. The number of rotatable bonds is 3. The minimum Gasteiger partial charge on any atom is -0.246 e. The lowest BCUT2D eigenvalue weighted by molar-refractivity contribution is 1.52. The van der Waals surface area contributed by atoms with Crippen LogP contribution >= 0.6 is 34.0 Å². The van der Waals surface area contributed by atoms with Crippen molar-refractivity contribution in [1.82, 2.24) is 4.98 Å². The summed E-state index contributed by atoms with van der Waals surface area (Å²) in [6.07, 6.45) is 0. The van der Waals surface area contributed by atoms with Crippen LogP contribution in [0.5, 0.6) is 0 Å². The number of nitrogens with zero attached hydrogens (tertiary/aromatic N) is 1. The molecule has 0 N–H and O–H groups in total. The van der Waals surface area contributed by atoms with Gasteiger partial charge >= 0.3 is 0 Å². The molecule has 228 valence electrons. The van der Waals surface area contributed by atoms with Gasteiger partial charge in [0.1, 0.15) is 0 Å². The van der Waals surface area contributed by atoms with Gasteiger partial charge in [-0.2, -0.15) is 0 Å². The van der Waals surface area contributed by atoms with E-state index in [1.165, 1.54) is 93.9 Å². The Balaban J connectivity index is 1.17. The molecule has 0 unspecified atom stereocenters. The third-order valence-electron chi connectivity index (χ3n) is 9.84. The van der Waals surface area contributed by atoms with E-state index in [2.05, 4.69) is 152 Å². The first kappa shape index (κ1) is 27.5. The van der Waals surface area contributed by atoms with Gasteiger partial charge in [-0.1, -0.05) is 97.1 Å². The predicted molar refractivity (Wildman–Crippen MR) is 217 cm³/mol. The van der Waals surface area contributed by atoms with E-state index < -0.39 is 0 Å². The van der Waals surface area contributed by atoms with E-state index in [1.54, 1.807) is 0 Å². The summed E-state index contributed by atoms with van der Waals surface area (Å²) < 4.78 is 7.83. The molecule has 0 aliphatic carbocycles. The summed E-state index contributed by atoms with van der Waals surface area (Å²) in [4.78, 5) is 5.15. The summed E-state index contributed by atoms with van der Waals surface area (Å²) in [6.45, 7) is 0. The molecule has 0 atom stereocenters. The quantitative estimate of drug-likeness (QED) is 0.182. The van der Waals surface area contributed by atoms with Crippen molar-refractivity contribution < 1.29 is 0 Å². The van der Waals surface area contributed by atoms with Crippen LogP contribution in [0.4, 0.5) is 0 Å². The topological polar surface area (TPSA) is 12.9 Å². The number of hydrogen-bond acceptors (Lipinski definition) is 4. The first-order valence-corrected chi connectivity index (χ1v) is 18.9. The molecule has 0 aliphatic rings. The van der Waals surface area contributed by atoms with Crippen molar-refractivity contribution in [2.24, 2.45) is 0 Å². The number of thiophene rings is 3. The van der Waals surface area contributed by atoms with Crippen molar-refractivity contribution >= 4 is 106 Å². The minimum absolute atomic E-state index is 1.03. The van der Waals surface area contributed by atoms with Crippen LogP contribution < -0.4 is 0 Å². The fraction of sp³-hybridized carbons (Fsp3) is 0. The highest BCUT2D eigenvalue weighted by Gasteiger charge is 2.16. The van der Waals surface area contributed by atoms with Gasteiger partial charge in [0.15, 0.2) is 0 Å². The third kappa shape index (κ3) is 4.25. The average molecular weight is 676 g/mol. The number of fused-ring (bicyclic) bond motifs is 10. The molecule has 0 amide bonds. The van der Waals surface area contributed by atoms with E-state index in [4.69, 9.17) is 4.98 Å². The molecule has 11 rings (SSSR count). The highest BCUT2D eigenvalue weighted by molar-refractivity contribution is 7.27. The largest absolute Gasteiger partial charge is 0.246 e. The summed E-state index contributed by atoms with van der Waals surface area (Å²) >= 11 is 5.61. The zero-order chi connectivity index (χ0) is 32.1. The van der Waals surface area contributed by atoms with Crippen molar-refractivity contribution in [3.05, 3.63) is 152 Å². The smallest absolute Gasteiger partial charge is 0.0896 e. The molecule has 7 aromatic carbocycles. The van der Waals surface area contributed by atoms with Gasteiger partial charge < -0.3 is 0 Å². The van der Waals surface area contributed by atoms with E-state index in [0.717, 1.165) is 11.0 Å². The van der Waals surface area contributed by atoms with Gasteiger partial charge in [-0.05, 0) is 88.0 Å². The van der Waals surface area contributed by atoms with Gasteiger partial charge in [0.05, 0.1) is 15.7 Å². The summed E-state index contributed by atoms with van der Waals surface area (Å²) in [7, 11) is 0. The molecule has 0 bridgehead atoms. The standard InChI is InChI=1S/C45H25NS3/c1-4-16-39-33(9-1)35-14-7-12-31(44(35)48-39)28-22-27(23-29(24-28)32-13-8-15-36-34-10-2-5-17-40(34)49-45(32)36)26-19-20-38-30(21-26)25-42-43(46-38)37-11-3-6-18-41(37)47-42/h1-25H. The van der Waals surface area contributed by atoms with Gasteiger partial charge in [0.25, 0.3) is 0 Å². The van der Waals surface area contributed by atoms with E-state index in [-0.39, 0.29) is 0 Å². The average Bonchev–Trinajstić information content (AvgIpc) is 3.84. The molecule has 0 aliphatic heterocycles. The first-order chi connectivity index (χ1) is 24.2. The van der Waals surface area contributed by atoms with Crippen LogP contribution in [0.25, 0.3) is 105 Å². The Kier molecular flexibility index (Phi) is 5.93. The Morgan fingerprint density at radius 1 is 0.347 bits per heavy atom. The zero-order valence-electron chi connectivity index (χ0n) is 26.1. The van der Waals surface area contributed by atoms with Gasteiger partial charge in [-0.25, -0.2) is 4.98 Å². The lowest BCUT2D eigenvalue weighted by Crippen LogP contribution is -1.88. The van der Waals surface area contributed by atoms with Crippen LogP contribution in [0, 0.1) is 0 Å². The summed E-state index contributed by atoms with van der Waals surface area (Å²) in [5, 5.41) is 7.69. The highest BCUT2D eigenvalue weighted by Crippen LogP contribution is 2.45. The molecule has 4 aromatic heterocycles. The van der Waals surface area contributed by atoms with Crippen molar-refractivity contribution in [2.75, 3.05) is 0 Å². The van der Waals surface area contributed by atoms with Crippen LogP contribution in [-0.4, -0.2) is 4.98 Å². The van der Waals surface area contributed by atoms with Crippen LogP contribution in [0.15, 0.2) is 152 Å². The van der Waals surface area contributed by atoms with Crippen molar-refractivity contribution in [1.29, 1.82) is 0 Å². The Morgan fingerprint density at radius 2 is 0.878 bits per heavy atom. The second-order valence-corrected chi connectivity index (χ2v) is 15.9. The molecule has 0 saturated heterocycles. The molecule has 49 heavy (non-hydrogen) atoms. The van der Waals surface area contributed by atoms with Crippen LogP contribution in [0.2, 0.25) is 0 Å². The van der Waals surface area contributed by atoms with Crippen molar-refractivity contribution in [2.45, 2.75) is 0 Å². The number of aromatic nitrogens is 1. The third-order valence-corrected chi connectivity index (χ3v) is 13.4. The summed E-state index contributed by atoms with van der Waals surface area (Å²) in [5.74, 6) is 0. The Labute approximate surface area is 294 Å². The normalized spacial score (nSPS) is 12.1. The molecule has 4 heteroatoms. The Morgan fingerprint density at radius 3 is 1.51 bits per heavy atom. The highest BCUT2D eigenvalue weighted by atomic mass is 32.1.